The van der Waals surface area contributed by atoms with Gasteiger partial charge in [-0.25, -0.2) is 0 Å². The highest BCUT2D eigenvalue weighted by molar-refractivity contribution is 6.26. The average Bonchev–Trinajstić information content (AvgIpc) is 3.11. The fraction of sp³-hybridized carbons (Fsp3) is 0.296. The molecule has 3 heterocycles. The van der Waals surface area contributed by atoms with E-state index in [1.807, 2.05) is 30.6 Å². The number of carbonyl (C=O) groups excluding carboxylic acids is 1. The fourth-order valence-corrected chi connectivity index (χ4v) is 4.35. The van der Waals surface area contributed by atoms with Crippen molar-refractivity contribution in [2.24, 2.45) is 0 Å². The topological polar surface area (TPSA) is 104 Å². The minimum absolute atomic E-state index is 0.229. The van der Waals surface area contributed by atoms with Gasteiger partial charge in [0.1, 0.15) is 0 Å². The Hall–Kier alpha value is -3.71. The summed E-state index contributed by atoms with van der Waals surface area (Å²) in [6, 6.07) is 10.8. The molecule has 34 heavy (non-hydrogen) atoms. The van der Waals surface area contributed by atoms with Crippen molar-refractivity contribution in [2.75, 3.05) is 24.1 Å². The number of carbonyl (C=O) groups is 1. The van der Waals surface area contributed by atoms with E-state index in [1.165, 1.54) is 43.5 Å². The number of H-pyrrole nitrogens is 1. The van der Waals surface area contributed by atoms with Crippen LogP contribution in [0.4, 0.5) is 11.4 Å². The van der Waals surface area contributed by atoms with E-state index < -0.39 is 0 Å². The Morgan fingerprint density at radius 3 is 2.59 bits per heavy atom. The second kappa shape index (κ2) is 10.9. The number of likely N-dealkylation sites (tertiary alicyclic amines) is 1. The van der Waals surface area contributed by atoms with Crippen molar-refractivity contribution in [2.45, 2.75) is 39.2 Å². The summed E-state index contributed by atoms with van der Waals surface area (Å²) in [6.45, 7) is 4.96. The van der Waals surface area contributed by atoms with Gasteiger partial charge in [0.2, 0.25) is 5.56 Å². The second-order valence-corrected chi connectivity index (χ2v) is 8.67. The molecule has 1 saturated heterocycles. The van der Waals surface area contributed by atoms with Crippen molar-refractivity contribution >= 4 is 22.9 Å². The van der Waals surface area contributed by atoms with E-state index in [4.69, 9.17) is 5.73 Å². The molecule has 0 spiro atoms. The molecule has 1 aromatic carbocycles. The third-order valence-corrected chi connectivity index (χ3v) is 6.15. The van der Waals surface area contributed by atoms with E-state index in [1.54, 1.807) is 19.1 Å². The predicted octanol–water partition coefficient (Wildman–Crippen LogP) is 4.44. The Labute approximate surface area is 199 Å². The first kappa shape index (κ1) is 23.4. The van der Waals surface area contributed by atoms with Crippen molar-refractivity contribution in [3.05, 3.63) is 82.5 Å². The summed E-state index contributed by atoms with van der Waals surface area (Å²) >= 11 is 0. The lowest BCUT2D eigenvalue weighted by atomic mass is 9.97. The summed E-state index contributed by atoms with van der Waals surface area (Å²) in [7, 11) is 0. The molecule has 4 rings (SSSR count). The summed E-state index contributed by atoms with van der Waals surface area (Å²) in [6.07, 6.45) is 12.1. The van der Waals surface area contributed by atoms with E-state index in [2.05, 4.69) is 26.3 Å². The molecule has 4 N–H and O–H groups in total. The second-order valence-electron chi connectivity index (χ2n) is 8.67. The van der Waals surface area contributed by atoms with Gasteiger partial charge in [-0.3, -0.25) is 19.5 Å². The van der Waals surface area contributed by atoms with Gasteiger partial charge in [-0.15, -0.1) is 0 Å². The number of aromatic amines is 1. The van der Waals surface area contributed by atoms with E-state index in [0.29, 0.717) is 22.5 Å². The molecule has 0 atom stereocenters. The number of allylic oxidation sites excluding steroid dienone is 1. The van der Waals surface area contributed by atoms with Gasteiger partial charge in [0.15, 0.2) is 0 Å². The molecule has 0 aliphatic carbocycles. The largest absolute Gasteiger partial charge is 0.398 e. The highest BCUT2D eigenvalue weighted by atomic mass is 16.1. The first-order valence-electron chi connectivity index (χ1n) is 11.8. The molecule has 7 nitrogen and oxygen atoms in total. The van der Waals surface area contributed by atoms with Crippen LogP contribution in [0.1, 0.15) is 43.7 Å². The van der Waals surface area contributed by atoms with Crippen LogP contribution in [0.15, 0.2) is 65.9 Å². The summed E-state index contributed by atoms with van der Waals surface area (Å²) < 4.78 is 0. The Morgan fingerprint density at radius 1 is 1.09 bits per heavy atom. The Kier molecular flexibility index (Phi) is 7.54. The molecule has 3 aromatic rings. The van der Waals surface area contributed by atoms with E-state index in [-0.39, 0.29) is 11.5 Å². The van der Waals surface area contributed by atoms with Crippen LogP contribution < -0.4 is 16.6 Å². The molecule has 0 radical (unpaired) electrons. The van der Waals surface area contributed by atoms with Gasteiger partial charge in [-0.1, -0.05) is 25.0 Å². The molecule has 2 aromatic heterocycles. The molecule has 7 heteroatoms. The number of hydrogen-bond acceptors (Lipinski definition) is 5. The Morgan fingerprint density at radius 2 is 1.88 bits per heavy atom. The molecule has 176 valence electrons. The van der Waals surface area contributed by atoms with Gasteiger partial charge >= 0.3 is 0 Å². The van der Waals surface area contributed by atoms with Crippen molar-refractivity contribution in [1.29, 1.82) is 0 Å². The Balaban J connectivity index is 1.57. The molecule has 1 aliphatic heterocycles. The number of pyridine rings is 2. The van der Waals surface area contributed by atoms with Crippen molar-refractivity contribution < 1.29 is 4.79 Å². The summed E-state index contributed by atoms with van der Waals surface area (Å²) in [5.41, 5.74) is 11.3. The number of nitrogen functional groups attached to an aromatic ring is 1. The van der Waals surface area contributed by atoms with Gasteiger partial charge in [0, 0.05) is 53.6 Å². The number of nitrogens with one attached hydrogen (secondary N) is 2. The zero-order chi connectivity index (χ0) is 23.9. The SMILES string of the molecule is CC=C(C(=O)Nc1ccc(=O)[nH]c1)c1cc(-c2cncc(CN3CCCCCC3)c2)ccc1N. The highest BCUT2D eigenvalue weighted by Crippen LogP contribution is 2.29. The maximum atomic E-state index is 13.0. The van der Waals surface area contributed by atoms with Gasteiger partial charge in [0.25, 0.3) is 5.91 Å². The minimum Gasteiger partial charge on any atom is -0.398 e. The number of benzene rings is 1. The summed E-state index contributed by atoms with van der Waals surface area (Å²) in [5.74, 6) is -0.300. The van der Waals surface area contributed by atoms with Crippen molar-refractivity contribution in [1.82, 2.24) is 14.9 Å². The quantitative estimate of drug-likeness (QED) is 0.375. The first-order valence-corrected chi connectivity index (χ1v) is 11.8. The molecule has 1 aliphatic rings. The van der Waals surface area contributed by atoms with Gasteiger partial charge in [-0.05, 0) is 68.2 Å². The van der Waals surface area contributed by atoms with Crippen LogP contribution in [0.3, 0.4) is 0 Å². The molecule has 0 bridgehead atoms. The zero-order valence-electron chi connectivity index (χ0n) is 19.5. The van der Waals surface area contributed by atoms with Crippen LogP contribution in [0, 0.1) is 0 Å². The van der Waals surface area contributed by atoms with Crippen LogP contribution in [0.2, 0.25) is 0 Å². The lowest BCUT2D eigenvalue weighted by Gasteiger charge is -2.20. The molecular formula is C27H31N5O2. The predicted molar refractivity (Wildman–Crippen MR) is 137 cm³/mol. The van der Waals surface area contributed by atoms with E-state index in [9.17, 15) is 9.59 Å². The maximum absolute atomic E-state index is 13.0. The number of anilines is 2. The number of amides is 1. The van der Waals surface area contributed by atoms with Gasteiger partial charge < -0.3 is 16.0 Å². The Bertz CT molecular complexity index is 1220. The molecular weight excluding hydrogens is 426 g/mol. The average molecular weight is 458 g/mol. The molecule has 1 amide bonds. The first-order chi connectivity index (χ1) is 16.5. The minimum atomic E-state index is -0.300. The van der Waals surface area contributed by atoms with Gasteiger partial charge in [0.05, 0.1) is 5.69 Å². The number of nitrogens with zero attached hydrogens (tertiary/aromatic N) is 2. The summed E-state index contributed by atoms with van der Waals surface area (Å²) in [4.78, 5) is 33.8. The number of rotatable bonds is 6. The third kappa shape index (κ3) is 5.80. The number of nitrogens with two attached hydrogens (primary N) is 1. The van der Waals surface area contributed by atoms with Crippen LogP contribution in [0.5, 0.6) is 0 Å². The number of hydrogen-bond donors (Lipinski definition) is 3. The van der Waals surface area contributed by atoms with E-state index in [0.717, 1.165) is 30.8 Å². The molecule has 0 saturated carbocycles. The van der Waals surface area contributed by atoms with Crippen LogP contribution in [-0.2, 0) is 11.3 Å². The molecule has 0 unspecified atom stereocenters. The van der Waals surface area contributed by atoms with E-state index >= 15 is 0 Å². The van der Waals surface area contributed by atoms with Crippen LogP contribution >= 0.6 is 0 Å². The smallest absolute Gasteiger partial charge is 0.256 e. The standard InChI is InChI=1S/C27H31N5O2/c1-2-23(27(34)31-22-8-10-26(33)30-17-22)24-14-20(7-9-25(24)28)21-13-19(15-29-16-21)18-32-11-5-3-4-6-12-32/h2,7-10,13-17H,3-6,11-12,18,28H2,1H3,(H,30,33)(H,31,34). The fourth-order valence-electron chi connectivity index (χ4n) is 4.35. The lowest BCUT2D eigenvalue weighted by molar-refractivity contribution is -0.111. The number of aromatic nitrogens is 2. The summed E-state index contributed by atoms with van der Waals surface area (Å²) in [5, 5.41) is 2.81. The molecule has 1 fully saturated rings. The third-order valence-electron chi connectivity index (χ3n) is 6.15. The zero-order valence-corrected chi connectivity index (χ0v) is 19.5. The normalized spacial score (nSPS) is 15.0. The van der Waals surface area contributed by atoms with Crippen LogP contribution in [0.25, 0.3) is 16.7 Å². The lowest BCUT2D eigenvalue weighted by Crippen LogP contribution is -2.24. The van der Waals surface area contributed by atoms with Crippen molar-refractivity contribution in [3.63, 3.8) is 0 Å². The van der Waals surface area contributed by atoms with Crippen molar-refractivity contribution in [3.8, 4) is 11.1 Å². The van der Waals surface area contributed by atoms with Gasteiger partial charge in [-0.2, -0.15) is 0 Å². The monoisotopic (exact) mass is 457 g/mol. The highest BCUT2D eigenvalue weighted by Gasteiger charge is 2.16. The van der Waals surface area contributed by atoms with Crippen LogP contribution in [-0.4, -0.2) is 33.9 Å². The maximum Gasteiger partial charge on any atom is 0.256 e.